The average Bonchev–Trinajstić information content (AvgIpc) is 2.50. The first kappa shape index (κ1) is 16.8. The number of terminal acetylenes is 1. The molecule has 0 saturated heterocycles. The Bertz CT molecular complexity index is 398. The minimum absolute atomic E-state index is 0.214. The molecule has 1 atom stereocenters. The molecule has 20 heavy (non-hydrogen) atoms. The first-order chi connectivity index (χ1) is 9.75. The molecule has 1 nitrogen and oxygen atoms in total. The Morgan fingerprint density at radius 1 is 1.15 bits per heavy atom. The first-order valence-corrected chi connectivity index (χ1v) is 7.97. The average molecular weight is 271 g/mol. The lowest BCUT2D eigenvalue weighted by Crippen LogP contribution is -2.48. The Morgan fingerprint density at radius 2 is 1.80 bits per heavy atom. The summed E-state index contributed by atoms with van der Waals surface area (Å²) in [6.07, 6.45) is 10.8. The van der Waals surface area contributed by atoms with Gasteiger partial charge in [0.1, 0.15) is 0 Å². The molecule has 0 amide bonds. The van der Waals surface area contributed by atoms with E-state index in [0.29, 0.717) is 6.04 Å². The van der Waals surface area contributed by atoms with Crippen LogP contribution in [0.4, 0.5) is 0 Å². The second-order valence-corrected chi connectivity index (χ2v) is 5.44. The lowest BCUT2D eigenvalue weighted by atomic mass is 9.68. The largest absolute Gasteiger partial charge is 0.313 e. The summed E-state index contributed by atoms with van der Waals surface area (Å²) >= 11 is 0. The van der Waals surface area contributed by atoms with Gasteiger partial charge in [0.05, 0.1) is 0 Å². The molecule has 0 aromatic heterocycles. The van der Waals surface area contributed by atoms with Crippen molar-refractivity contribution in [3.63, 3.8) is 0 Å². The third-order valence-electron chi connectivity index (χ3n) is 4.54. The van der Waals surface area contributed by atoms with E-state index in [0.717, 1.165) is 38.6 Å². The molecular formula is C19H29N. The van der Waals surface area contributed by atoms with Crippen LogP contribution in [0, 0.1) is 12.3 Å². The van der Waals surface area contributed by atoms with Crippen LogP contribution < -0.4 is 5.32 Å². The predicted molar refractivity (Wildman–Crippen MR) is 88.9 cm³/mol. The van der Waals surface area contributed by atoms with Gasteiger partial charge in [-0.3, -0.25) is 0 Å². The molecule has 110 valence electrons. The van der Waals surface area contributed by atoms with Crippen LogP contribution in [0.5, 0.6) is 0 Å². The van der Waals surface area contributed by atoms with Crippen LogP contribution in [-0.2, 0) is 5.41 Å². The molecule has 0 spiro atoms. The molecule has 0 bridgehead atoms. The van der Waals surface area contributed by atoms with Crippen molar-refractivity contribution < 1.29 is 0 Å². The second kappa shape index (κ2) is 8.82. The maximum atomic E-state index is 5.40. The van der Waals surface area contributed by atoms with Crippen molar-refractivity contribution in [2.24, 2.45) is 0 Å². The summed E-state index contributed by atoms with van der Waals surface area (Å²) in [6, 6.07) is 11.5. The Labute approximate surface area is 125 Å². The van der Waals surface area contributed by atoms with E-state index < -0.39 is 0 Å². The van der Waals surface area contributed by atoms with Gasteiger partial charge in [0, 0.05) is 17.9 Å². The summed E-state index contributed by atoms with van der Waals surface area (Å²) in [7, 11) is 0. The van der Waals surface area contributed by atoms with Gasteiger partial charge in [0.25, 0.3) is 0 Å². The first-order valence-electron chi connectivity index (χ1n) is 7.97. The van der Waals surface area contributed by atoms with Crippen LogP contribution in [0.3, 0.4) is 0 Å². The number of unbranched alkanes of at least 4 members (excludes halogenated alkanes) is 1. The second-order valence-electron chi connectivity index (χ2n) is 5.44. The molecule has 1 aromatic rings. The maximum absolute atomic E-state index is 5.40. The van der Waals surface area contributed by atoms with Crippen molar-refractivity contribution >= 4 is 0 Å². The molecule has 0 saturated carbocycles. The van der Waals surface area contributed by atoms with E-state index in [-0.39, 0.29) is 5.41 Å². The topological polar surface area (TPSA) is 12.0 Å². The van der Waals surface area contributed by atoms with Gasteiger partial charge in [0.2, 0.25) is 0 Å². The third kappa shape index (κ3) is 3.87. The number of hydrogen-bond acceptors (Lipinski definition) is 1. The zero-order valence-corrected chi connectivity index (χ0v) is 13.3. The lowest BCUT2D eigenvalue weighted by Gasteiger charge is -2.41. The zero-order chi connectivity index (χ0) is 14.8. The maximum Gasteiger partial charge on any atom is 0.0164 e. The van der Waals surface area contributed by atoms with Gasteiger partial charge in [-0.1, -0.05) is 51.1 Å². The van der Waals surface area contributed by atoms with E-state index in [1.807, 2.05) is 0 Å². The zero-order valence-electron chi connectivity index (χ0n) is 13.3. The van der Waals surface area contributed by atoms with Gasteiger partial charge < -0.3 is 5.32 Å². The SMILES string of the molecule is C#CCCCC(NCC)C(CC)(CC)c1ccccc1. The summed E-state index contributed by atoms with van der Waals surface area (Å²) in [6.45, 7) is 7.81. The molecule has 1 N–H and O–H groups in total. The van der Waals surface area contributed by atoms with Crippen LogP contribution in [0.1, 0.15) is 58.4 Å². The number of rotatable bonds is 9. The van der Waals surface area contributed by atoms with Crippen LogP contribution >= 0.6 is 0 Å². The summed E-state index contributed by atoms with van der Waals surface area (Å²) in [5, 5.41) is 3.71. The van der Waals surface area contributed by atoms with Crippen LogP contribution in [0.15, 0.2) is 30.3 Å². The van der Waals surface area contributed by atoms with Crippen molar-refractivity contribution in [1.82, 2.24) is 5.32 Å². The van der Waals surface area contributed by atoms with Crippen molar-refractivity contribution in [1.29, 1.82) is 0 Å². The van der Waals surface area contributed by atoms with Gasteiger partial charge in [-0.05, 0) is 37.8 Å². The smallest absolute Gasteiger partial charge is 0.0164 e. The van der Waals surface area contributed by atoms with Gasteiger partial charge in [0.15, 0.2) is 0 Å². The minimum Gasteiger partial charge on any atom is -0.313 e. The standard InChI is InChI=1S/C19H29N/c1-5-9-11-16-18(20-8-4)19(6-2,7-3)17-14-12-10-13-15-17/h1,10,12-15,18,20H,6-9,11,16H2,2-4H3. The summed E-state index contributed by atoms with van der Waals surface area (Å²) in [5.41, 5.74) is 1.67. The van der Waals surface area contributed by atoms with Crippen LogP contribution in [0.25, 0.3) is 0 Å². The molecule has 0 radical (unpaired) electrons. The highest BCUT2D eigenvalue weighted by Crippen LogP contribution is 2.37. The number of likely N-dealkylation sites (N-methyl/N-ethyl adjacent to an activating group) is 1. The van der Waals surface area contributed by atoms with Crippen molar-refractivity contribution in [2.75, 3.05) is 6.54 Å². The fourth-order valence-electron chi connectivity index (χ4n) is 3.35. The molecular weight excluding hydrogens is 242 g/mol. The Kier molecular flexibility index (Phi) is 7.41. The normalized spacial score (nSPS) is 12.9. The molecule has 0 aliphatic rings. The number of hydrogen-bond donors (Lipinski definition) is 1. The number of benzene rings is 1. The lowest BCUT2D eigenvalue weighted by molar-refractivity contribution is 0.258. The molecule has 1 aromatic carbocycles. The molecule has 1 unspecified atom stereocenters. The van der Waals surface area contributed by atoms with Crippen LogP contribution in [0.2, 0.25) is 0 Å². The molecule has 0 aliphatic heterocycles. The van der Waals surface area contributed by atoms with Crippen molar-refractivity contribution in [3.05, 3.63) is 35.9 Å². The monoisotopic (exact) mass is 271 g/mol. The van der Waals surface area contributed by atoms with E-state index in [9.17, 15) is 0 Å². The third-order valence-corrected chi connectivity index (χ3v) is 4.54. The van der Waals surface area contributed by atoms with E-state index in [1.165, 1.54) is 5.56 Å². The quantitative estimate of drug-likeness (QED) is 0.514. The van der Waals surface area contributed by atoms with Gasteiger partial charge in [-0.2, -0.15) is 0 Å². The van der Waals surface area contributed by atoms with Gasteiger partial charge in [-0.15, -0.1) is 12.3 Å². The molecule has 1 rings (SSSR count). The summed E-state index contributed by atoms with van der Waals surface area (Å²) in [4.78, 5) is 0. The highest BCUT2D eigenvalue weighted by atomic mass is 14.9. The van der Waals surface area contributed by atoms with Gasteiger partial charge >= 0.3 is 0 Å². The fourth-order valence-corrected chi connectivity index (χ4v) is 3.35. The van der Waals surface area contributed by atoms with Crippen molar-refractivity contribution in [2.45, 2.75) is 64.3 Å². The molecule has 1 heteroatoms. The summed E-state index contributed by atoms with van der Waals surface area (Å²) < 4.78 is 0. The van der Waals surface area contributed by atoms with Crippen molar-refractivity contribution in [3.8, 4) is 12.3 Å². The molecule has 0 heterocycles. The highest BCUT2D eigenvalue weighted by molar-refractivity contribution is 5.27. The Hall–Kier alpha value is -1.26. The van der Waals surface area contributed by atoms with E-state index >= 15 is 0 Å². The van der Waals surface area contributed by atoms with E-state index in [1.54, 1.807) is 0 Å². The predicted octanol–water partition coefficient (Wildman–Crippen LogP) is 4.53. The van der Waals surface area contributed by atoms with E-state index in [4.69, 9.17) is 6.42 Å². The highest BCUT2D eigenvalue weighted by Gasteiger charge is 2.36. The molecule has 0 aliphatic carbocycles. The Morgan fingerprint density at radius 3 is 2.30 bits per heavy atom. The van der Waals surface area contributed by atoms with Crippen LogP contribution in [-0.4, -0.2) is 12.6 Å². The number of nitrogens with one attached hydrogen (secondary N) is 1. The summed E-state index contributed by atoms with van der Waals surface area (Å²) in [5.74, 6) is 2.76. The fraction of sp³-hybridized carbons (Fsp3) is 0.579. The van der Waals surface area contributed by atoms with Gasteiger partial charge in [-0.25, -0.2) is 0 Å². The molecule has 0 fully saturated rings. The van der Waals surface area contributed by atoms with E-state index in [2.05, 4.69) is 62.3 Å². The minimum atomic E-state index is 0.214. The Balaban J connectivity index is 3.03.